The van der Waals surface area contributed by atoms with Gasteiger partial charge in [0.2, 0.25) is 0 Å². The fourth-order valence-electron chi connectivity index (χ4n) is 2.85. The van der Waals surface area contributed by atoms with Gasteiger partial charge in [-0.25, -0.2) is 0 Å². The van der Waals surface area contributed by atoms with Gasteiger partial charge >= 0.3 is 0 Å². The van der Waals surface area contributed by atoms with E-state index in [1.807, 2.05) is 6.92 Å². The van der Waals surface area contributed by atoms with Crippen molar-refractivity contribution in [3.05, 3.63) is 127 Å². The first-order chi connectivity index (χ1) is 15.0. The maximum Gasteiger partial charge on any atom is 0.0381 e. The third-order valence-electron chi connectivity index (χ3n) is 4.55. The number of rotatable bonds is 5. The van der Waals surface area contributed by atoms with Gasteiger partial charge in [0, 0.05) is 17.9 Å². The number of allylic oxidation sites excluding steroid dienone is 4. The van der Waals surface area contributed by atoms with E-state index in [4.69, 9.17) is 5.73 Å². The molecule has 3 rings (SSSR count). The summed E-state index contributed by atoms with van der Waals surface area (Å²) in [4.78, 5) is 0. The molecule has 0 unspecified atom stereocenters. The summed E-state index contributed by atoms with van der Waals surface area (Å²) in [5, 5.41) is 3.21. The number of nitrogens with one attached hydrogen (secondary N) is 1. The zero-order valence-electron chi connectivity index (χ0n) is 19.7. The van der Waals surface area contributed by atoms with Gasteiger partial charge in [-0.3, -0.25) is 0 Å². The number of hydrogen-bond acceptors (Lipinski definition) is 2. The fraction of sp³-hybridized carbons (Fsp3) is 0.241. The second-order valence-corrected chi connectivity index (χ2v) is 7.31. The van der Waals surface area contributed by atoms with Crippen molar-refractivity contribution in [3.8, 4) is 0 Å². The van der Waals surface area contributed by atoms with Crippen LogP contribution in [0.1, 0.15) is 43.4 Å². The molecule has 0 radical (unpaired) electrons. The minimum Gasteiger partial charge on any atom is -0.360 e. The standard InChI is InChI=1S/C17H19N.C8H13N.2C2H4/c1-13(2)18-17-10-8-16(9-11-17)12-15-6-4-14(3)5-7-15;1-7-2-4-8(6-9)5-3-7;2*1-2/h4-11,18H,1,12H2,2-3H3;2,4H,3,5-6,9H2,1H3;2*1-2H2. The van der Waals surface area contributed by atoms with Gasteiger partial charge in [-0.1, -0.05) is 71.8 Å². The number of nitrogens with two attached hydrogens (primary N) is 1. The lowest BCUT2D eigenvalue weighted by Crippen LogP contribution is -2.04. The number of anilines is 1. The van der Waals surface area contributed by atoms with Crippen LogP contribution in [0.4, 0.5) is 5.69 Å². The van der Waals surface area contributed by atoms with Crippen molar-refractivity contribution < 1.29 is 0 Å². The van der Waals surface area contributed by atoms with Crippen molar-refractivity contribution in [1.29, 1.82) is 0 Å². The van der Waals surface area contributed by atoms with Crippen molar-refractivity contribution in [1.82, 2.24) is 0 Å². The Hall–Kier alpha value is -3.10. The summed E-state index contributed by atoms with van der Waals surface area (Å²) in [6, 6.07) is 17.2. The van der Waals surface area contributed by atoms with Crippen LogP contribution in [0.15, 0.2) is 110 Å². The molecule has 0 aromatic heterocycles. The minimum absolute atomic E-state index is 0.726. The molecule has 3 N–H and O–H groups in total. The highest BCUT2D eigenvalue weighted by molar-refractivity contribution is 5.49. The molecule has 0 saturated carbocycles. The monoisotopic (exact) mass is 416 g/mol. The smallest absolute Gasteiger partial charge is 0.0381 e. The Morgan fingerprint density at radius 1 is 0.839 bits per heavy atom. The molecule has 0 amide bonds. The molecule has 2 aromatic carbocycles. The van der Waals surface area contributed by atoms with Crippen LogP contribution in [0.5, 0.6) is 0 Å². The summed E-state index contributed by atoms with van der Waals surface area (Å²) >= 11 is 0. The Morgan fingerprint density at radius 3 is 1.77 bits per heavy atom. The molecule has 31 heavy (non-hydrogen) atoms. The molecule has 0 spiro atoms. The topological polar surface area (TPSA) is 38.0 Å². The molecule has 2 aromatic rings. The molecule has 1 aliphatic carbocycles. The molecule has 0 atom stereocenters. The Kier molecular flexibility index (Phi) is 15.0. The minimum atomic E-state index is 0.726. The summed E-state index contributed by atoms with van der Waals surface area (Å²) in [6.45, 7) is 22.8. The van der Waals surface area contributed by atoms with Crippen molar-refractivity contribution in [2.24, 2.45) is 5.73 Å². The van der Waals surface area contributed by atoms with E-state index in [9.17, 15) is 0 Å². The lowest BCUT2D eigenvalue weighted by molar-refractivity contribution is 0.874. The molecular weight excluding hydrogens is 376 g/mol. The summed E-state index contributed by atoms with van der Waals surface area (Å²) in [7, 11) is 0. The second kappa shape index (κ2) is 16.7. The molecule has 0 aliphatic heterocycles. The summed E-state index contributed by atoms with van der Waals surface area (Å²) in [5.74, 6) is 0. The van der Waals surface area contributed by atoms with Gasteiger partial charge < -0.3 is 11.1 Å². The maximum absolute atomic E-state index is 5.45. The van der Waals surface area contributed by atoms with Gasteiger partial charge in [0.15, 0.2) is 0 Å². The maximum atomic E-state index is 5.45. The van der Waals surface area contributed by atoms with Crippen LogP contribution >= 0.6 is 0 Å². The van der Waals surface area contributed by atoms with E-state index < -0.39 is 0 Å². The Bertz CT molecular complexity index is 822. The molecule has 0 saturated heterocycles. The second-order valence-electron chi connectivity index (χ2n) is 7.31. The first-order valence-electron chi connectivity index (χ1n) is 10.6. The zero-order chi connectivity index (χ0) is 23.6. The number of aryl methyl sites for hydroxylation is 1. The van der Waals surface area contributed by atoms with E-state index >= 15 is 0 Å². The van der Waals surface area contributed by atoms with E-state index in [0.717, 1.165) is 24.4 Å². The molecule has 1 aliphatic rings. The van der Waals surface area contributed by atoms with E-state index in [2.05, 4.69) is 113 Å². The predicted octanol–water partition coefficient (Wildman–Crippen LogP) is 7.75. The lowest BCUT2D eigenvalue weighted by Gasteiger charge is -2.08. The van der Waals surface area contributed by atoms with E-state index in [1.54, 1.807) is 0 Å². The lowest BCUT2D eigenvalue weighted by atomic mass is 10.00. The highest BCUT2D eigenvalue weighted by Crippen LogP contribution is 2.16. The average molecular weight is 417 g/mol. The Labute approximate surface area is 190 Å². The normalized spacial score (nSPS) is 11.6. The van der Waals surface area contributed by atoms with Crippen LogP contribution in [0.3, 0.4) is 0 Å². The third kappa shape index (κ3) is 12.2. The average Bonchev–Trinajstić information content (AvgIpc) is 2.80. The van der Waals surface area contributed by atoms with Crippen molar-refractivity contribution in [2.75, 3.05) is 11.9 Å². The van der Waals surface area contributed by atoms with Crippen LogP contribution in [0.25, 0.3) is 0 Å². The van der Waals surface area contributed by atoms with Gasteiger partial charge in [0.05, 0.1) is 0 Å². The first-order valence-corrected chi connectivity index (χ1v) is 10.6. The summed E-state index contributed by atoms with van der Waals surface area (Å²) in [6.07, 6.45) is 7.64. The van der Waals surface area contributed by atoms with Crippen molar-refractivity contribution in [2.45, 2.75) is 40.0 Å². The molecule has 0 fully saturated rings. The van der Waals surface area contributed by atoms with Crippen LogP contribution in [0.2, 0.25) is 0 Å². The van der Waals surface area contributed by atoms with E-state index in [0.29, 0.717) is 0 Å². The van der Waals surface area contributed by atoms with E-state index in [-0.39, 0.29) is 0 Å². The summed E-state index contributed by atoms with van der Waals surface area (Å²) < 4.78 is 0. The molecule has 2 nitrogen and oxygen atoms in total. The molecule has 2 heteroatoms. The third-order valence-corrected chi connectivity index (χ3v) is 4.55. The number of benzene rings is 2. The van der Waals surface area contributed by atoms with Crippen LogP contribution in [-0.4, -0.2) is 6.54 Å². The number of hydrogen-bond donors (Lipinski definition) is 2. The Morgan fingerprint density at radius 2 is 1.35 bits per heavy atom. The molecule has 0 heterocycles. The fourth-order valence-corrected chi connectivity index (χ4v) is 2.85. The predicted molar refractivity (Wildman–Crippen MR) is 142 cm³/mol. The van der Waals surface area contributed by atoms with Gasteiger partial charge in [-0.15, -0.1) is 26.3 Å². The molecular formula is C29H40N2. The zero-order valence-corrected chi connectivity index (χ0v) is 19.7. The van der Waals surface area contributed by atoms with Gasteiger partial charge in [-0.05, 0) is 63.3 Å². The summed E-state index contributed by atoms with van der Waals surface area (Å²) in [5.41, 5.74) is 14.3. The largest absolute Gasteiger partial charge is 0.360 e. The van der Waals surface area contributed by atoms with Crippen LogP contribution in [0, 0.1) is 6.92 Å². The van der Waals surface area contributed by atoms with Crippen LogP contribution in [-0.2, 0) is 6.42 Å². The Balaban J connectivity index is 0.000000582. The van der Waals surface area contributed by atoms with Crippen LogP contribution < -0.4 is 11.1 Å². The first kappa shape index (κ1) is 27.9. The van der Waals surface area contributed by atoms with Gasteiger partial charge in [0.25, 0.3) is 0 Å². The SMILES string of the molecule is C=C.C=C.C=C(C)Nc1ccc(Cc2ccc(C)cc2)cc1.CC1=CC=C(CN)CC1. The molecule has 166 valence electrons. The van der Waals surface area contributed by atoms with Gasteiger partial charge in [-0.2, -0.15) is 0 Å². The highest BCUT2D eigenvalue weighted by atomic mass is 14.9. The van der Waals surface area contributed by atoms with E-state index in [1.165, 1.54) is 40.7 Å². The van der Waals surface area contributed by atoms with Crippen molar-refractivity contribution >= 4 is 5.69 Å². The highest BCUT2D eigenvalue weighted by Gasteiger charge is 1.99. The van der Waals surface area contributed by atoms with Crippen molar-refractivity contribution in [3.63, 3.8) is 0 Å². The molecule has 0 bridgehead atoms. The van der Waals surface area contributed by atoms with Gasteiger partial charge in [0.1, 0.15) is 0 Å². The quantitative estimate of drug-likeness (QED) is 0.489.